The lowest BCUT2D eigenvalue weighted by atomic mass is 9.90. The van der Waals surface area contributed by atoms with E-state index in [0.717, 1.165) is 11.4 Å². The first-order chi connectivity index (χ1) is 8.78. The summed E-state index contributed by atoms with van der Waals surface area (Å²) in [5.74, 6) is 1.61. The third-order valence-corrected chi connectivity index (χ3v) is 3.60. The monoisotopic (exact) mass is 242 g/mol. The van der Waals surface area contributed by atoms with Crippen molar-refractivity contribution < 1.29 is 0 Å². The molecule has 94 valence electrons. The van der Waals surface area contributed by atoms with Crippen LogP contribution >= 0.6 is 0 Å². The smallest absolute Gasteiger partial charge is 0.164 e. The van der Waals surface area contributed by atoms with Crippen LogP contribution in [0.5, 0.6) is 0 Å². The van der Waals surface area contributed by atoms with Crippen LogP contribution in [0.25, 0.3) is 11.4 Å². The Balaban J connectivity index is 2.03. The summed E-state index contributed by atoms with van der Waals surface area (Å²) >= 11 is 0. The first-order valence-electron chi connectivity index (χ1n) is 6.50. The molecule has 0 amide bonds. The van der Waals surface area contributed by atoms with Crippen molar-refractivity contribution in [3.05, 3.63) is 35.2 Å². The third kappa shape index (κ3) is 1.93. The van der Waals surface area contributed by atoms with Gasteiger partial charge in [0.1, 0.15) is 0 Å². The molecule has 0 radical (unpaired) electrons. The van der Waals surface area contributed by atoms with E-state index >= 15 is 0 Å². The van der Waals surface area contributed by atoms with Crippen LogP contribution in [0.3, 0.4) is 0 Å². The maximum atomic E-state index is 5.58. The fraction of sp³-hybridized carbons (Fsp3) is 0.429. The van der Waals surface area contributed by atoms with E-state index in [1.54, 1.807) is 0 Å². The largest absolute Gasteiger partial charge is 0.324 e. The summed E-state index contributed by atoms with van der Waals surface area (Å²) in [7, 11) is 1.92. The van der Waals surface area contributed by atoms with Gasteiger partial charge in [0, 0.05) is 12.6 Å². The Hall–Kier alpha value is -1.68. The Morgan fingerprint density at radius 2 is 2.00 bits per heavy atom. The topological polar surface area (TPSA) is 56.7 Å². The summed E-state index contributed by atoms with van der Waals surface area (Å²) < 4.78 is 1.81. The van der Waals surface area contributed by atoms with Crippen molar-refractivity contribution in [1.82, 2.24) is 14.8 Å². The number of hydrogen-bond acceptors (Lipinski definition) is 3. The predicted octanol–water partition coefficient (Wildman–Crippen LogP) is 1.82. The van der Waals surface area contributed by atoms with Gasteiger partial charge in [-0.25, -0.2) is 9.67 Å². The Morgan fingerprint density at radius 3 is 2.72 bits per heavy atom. The highest BCUT2D eigenvalue weighted by atomic mass is 15.3. The van der Waals surface area contributed by atoms with Gasteiger partial charge in [0.05, 0.1) is 6.54 Å². The third-order valence-electron chi connectivity index (χ3n) is 3.60. The summed E-state index contributed by atoms with van der Waals surface area (Å²) in [6.07, 6.45) is 5.00. The summed E-state index contributed by atoms with van der Waals surface area (Å²) in [5.41, 5.74) is 9.69. The van der Waals surface area contributed by atoms with E-state index in [-0.39, 0.29) is 0 Å². The number of nitrogens with two attached hydrogens (primary N) is 1. The molecular formula is C14H18N4. The molecular weight excluding hydrogens is 224 g/mol. The molecule has 3 rings (SSSR count). The van der Waals surface area contributed by atoms with E-state index < -0.39 is 0 Å². The number of fused-ring (bicyclic) bond motifs is 1. The Labute approximate surface area is 107 Å². The minimum Gasteiger partial charge on any atom is -0.324 e. The highest BCUT2D eigenvalue weighted by molar-refractivity contribution is 5.58. The maximum Gasteiger partial charge on any atom is 0.164 e. The summed E-state index contributed by atoms with van der Waals surface area (Å²) in [6.45, 7) is 0.388. The zero-order valence-corrected chi connectivity index (χ0v) is 10.7. The number of rotatable bonds is 2. The molecule has 0 saturated carbocycles. The Bertz CT molecular complexity index is 571. The second kappa shape index (κ2) is 4.53. The zero-order valence-electron chi connectivity index (χ0n) is 10.7. The van der Waals surface area contributed by atoms with Gasteiger partial charge in [0.15, 0.2) is 11.6 Å². The normalized spacial score (nSPS) is 14.6. The molecule has 0 fully saturated rings. The lowest BCUT2D eigenvalue weighted by Gasteiger charge is -2.16. The van der Waals surface area contributed by atoms with Crippen molar-refractivity contribution in [2.75, 3.05) is 0 Å². The maximum absolute atomic E-state index is 5.58. The molecule has 0 aliphatic heterocycles. The number of aromatic nitrogens is 3. The van der Waals surface area contributed by atoms with Gasteiger partial charge in [-0.1, -0.05) is 12.1 Å². The highest BCUT2D eigenvalue weighted by Gasteiger charge is 2.13. The number of aryl methyl sites for hydroxylation is 3. The molecule has 0 spiro atoms. The fourth-order valence-electron chi connectivity index (χ4n) is 2.65. The highest BCUT2D eigenvalue weighted by Crippen LogP contribution is 2.26. The molecule has 1 aliphatic carbocycles. The lowest BCUT2D eigenvalue weighted by Crippen LogP contribution is -2.03. The van der Waals surface area contributed by atoms with Crippen molar-refractivity contribution in [3.63, 3.8) is 0 Å². The minimum atomic E-state index is 0.388. The molecule has 1 aromatic heterocycles. The number of nitrogens with zero attached hydrogens (tertiary/aromatic N) is 3. The molecule has 1 aliphatic rings. The lowest BCUT2D eigenvalue weighted by molar-refractivity contribution is 0.685. The molecule has 4 heteroatoms. The van der Waals surface area contributed by atoms with Crippen LogP contribution in [0.15, 0.2) is 18.2 Å². The van der Waals surface area contributed by atoms with Gasteiger partial charge < -0.3 is 5.73 Å². The van der Waals surface area contributed by atoms with Gasteiger partial charge >= 0.3 is 0 Å². The summed E-state index contributed by atoms with van der Waals surface area (Å²) in [5, 5.41) is 4.30. The molecule has 2 aromatic rings. The van der Waals surface area contributed by atoms with E-state index in [1.807, 2.05) is 11.7 Å². The summed E-state index contributed by atoms with van der Waals surface area (Å²) in [4.78, 5) is 4.47. The van der Waals surface area contributed by atoms with Gasteiger partial charge in [-0.15, -0.1) is 0 Å². The average Bonchev–Trinajstić information content (AvgIpc) is 2.79. The molecule has 0 unspecified atom stereocenters. The van der Waals surface area contributed by atoms with Gasteiger partial charge in [0.2, 0.25) is 0 Å². The van der Waals surface area contributed by atoms with E-state index in [9.17, 15) is 0 Å². The van der Waals surface area contributed by atoms with Crippen molar-refractivity contribution in [2.45, 2.75) is 32.2 Å². The molecule has 1 aromatic carbocycles. The first-order valence-corrected chi connectivity index (χ1v) is 6.50. The van der Waals surface area contributed by atoms with E-state index in [4.69, 9.17) is 5.73 Å². The van der Waals surface area contributed by atoms with E-state index in [2.05, 4.69) is 28.3 Å². The van der Waals surface area contributed by atoms with Crippen molar-refractivity contribution in [1.29, 1.82) is 0 Å². The Kier molecular flexibility index (Phi) is 2.88. The van der Waals surface area contributed by atoms with Crippen LogP contribution in [0.4, 0.5) is 0 Å². The molecule has 0 atom stereocenters. The fourth-order valence-corrected chi connectivity index (χ4v) is 2.65. The zero-order chi connectivity index (χ0) is 12.5. The molecule has 1 heterocycles. The quantitative estimate of drug-likeness (QED) is 0.874. The van der Waals surface area contributed by atoms with Crippen molar-refractivity contribution >= 4 is 0 Å². The molecule has 0 bridgehead atoms. The predicted molar refractivity (Wildman–Crippen MR) is 71.0 cm³/mol. The van der Waals surface area contributed by atoms with Crippen molar-refractivity contribution in [2.24, 2.45) is 12.8 Å². The number of benzene rings is 1. The van der Waals surface area contributed by atoms with Crippen LogP contribution in [-0.4, -0.2) is 14.8 Å². The molecule has 2 N–H and O–H groups in total. The second-order valence-corrected chi connectivity index (χ2v) is 4.87. The number of hydrogen-bond donors (Lipinski definition) is 1. The Morgan fingerprint density at radius 1 is 1.22 bits per heavy atom. The van der Waals surface area contributed by atoms with Crippen molar-refractivity contribution in [3.8, 4) is 11.4 Å². The van der Waals surface area contributed by atoms with Gasteiger partial charge in [-0.2, -0.15) is 5.10 Å². The molecule has 0 saturated heterocycles. The first kappa shape index (κ1) is 11.4. The second-order valence-electron chi connectivity index (χ2n) is 4.87. The van der Waals surface area contributed by atoms with Crippen LogP contribution in [0, 0.1) is 0 Å². The van der Waals surface area contributed by atoms with Gasteiger partial charge in [0.25, 0.3) is 0 Å². The van der Waals surface area contributed by atoms with Crippen LogP contribution in [0.1, 0.15) is 29.8 Å². The van der Waals surface area contributed by atoms with Crippen LogP contribution in [0.2, 0.25) is 0 Å². The van der Waals surface area contributed by atoms with E-state index in [0.29, 0.717) is 12.4 Å². The minimum absolute atomic E-state index is 0.388. The summed E-state index contributed by atoms with van der Waals surface area (Å²) in [6, 6.07) is 6.65. The average molecular weight is 242 g/mol. The molecule has 18 heavy (non-hydrogen) atoms. The molecule has 4 nitrogen and oxygen atoms in total. The van der Waals surface area contributed by atoms with E-state index in [1.165, 1.54) is 36.8 Å². The standard InChI is InChI=1S/C14H18N4/c1-18-14(16-13(9-15)17-18)12-7-6-10-4-2-3-5-11(10)8-12/h6-8H,2-5,9,15H2,1H3. The van der Waals surface area contributed by atoms with Crippen LogP contribution in [-0.2, 0) is 26.4 Å². The van der Waals surface area contributed by atoms with Crippen LogP contribution < -0.4 is 5.73 Å². The van der Waals surface area contributed by atoms with Gasteiger partial charge in [-0.05, 0) is 42.9 Å². The SMILES string of the molecule is Cn1nc(CN)nc1-c1ccc2c(c1)CCCC2. The van der Waals surface area contributed by atoms with Gasteiger partial charge in [-0.3, -0.25) is 0 Å².